The van der Waals surface area contributed by atoms with Crippen molar-refractivity contribution < 1.29 is 0 Å². The Morgan fingerprint density at radius 2 is 2.11 bits per heavy atom. The highest BCUT2D eigenvalue weighted by Gasteiger charge is 2.14. The van der Waals surface area contributed by atoms with Crippen LogP contribution in [0.15, 0.2) is 30.5 Å². The van der Waals surface area contributed by atoms with E-state index in [0.29, 0.717) is 6.54 Å². The Balaban J connectivity index is 2.28. The molecule has 0 spiro atoms. The van der Waals surface area contributed by atoms with Gasteiger partial charge in [-0.05, 0) is 18.6 Å². The van der Waals surface area contributed by atoms with E-state index >= 15 is 0 Å². The Kier molecular flexibility index (Phi) is 2.45. The quantitative estimate of drug-likeness (QED) is 0.722. The number of aryl methyl sites for hydroxylation is 1. The molecule has 0 radical (unpaired) electrons. The van der Waals surface area contributed by atoms with E-state index in [2.05, 4.69) is 59.2 Å². The Labute approximate surface area is 105 Å². The van der Waals surface area contributed by atoms with Gasteiger partial charge in [0.05, 0.1) is 11.4 Å². The van der Waals surface area contributed by atoms with Gasteiger partial charge >= 0.3 is 0 Å². The second-order valence-corrected chi connectivity index (χ2v) is 4.55. The molecule has 4 heteroatoms. The zero-order chi connectivity index (χ0) is 12.7. The Morgan fingerprint density at radius 3 is 2.83 bits per heavy atom. The molecule has 0 amide bonds. The predicted molar refractivity (Wildman–Crippen MR) is 73.1 cm³/mol. The van der Waals surface area contributed by atoms with E-state index in [-0.39, 0.29) is 0 Å². The molecule has 2 heterocycles. The Bertz CT molecular complexity index is 706. The third-order valence-corrected chi connectivity index (χ3v) is 3.47. The van der Waals surface area contributed by atoms with Gasteiger partial charge in [0.1, 0.15) is 0 Å². The van der Waals surface area contributed by atoms with Crippen LogP contribution in [0.5, 0.6) is 0 Å². The normalized spacial score (nSPS) is 11.3. The van der Waals surface area contributed by atoms with Crippen molar-refractivity contribution in [1.82, 2.24) is 14.8 Å². The van der Waals surface area contributed by atoms with E-state index in [4.69, 9.17) is 5.73 Å². The number of H-pyrrole nitrogens is 1. The number of nitrogens with zero attached hydrogens (tertiary/aromatic N) is 2. The number of hydrogen-bond acceptors (Lipinski definition) is 2. The smallest absolute Gasteiger partial charge is 0.0974 e. The second-order valence-electron chi connectivity index (χ2n) is 4.55. The van der Waals surface area contributed by atoms with E-state index in [1.807, 2.05) is 0 Å². The fourth-order valence-electron chi connectivity index (χ4n) is 2.43. The monoisotopic (exact) mass is 240 g/mol. The maximum Gasteiger partial charge on any atom is 0.0974 e. The first-order valence-corrected chi connectivity index (χ1v) is 6.00. The van der Waals surface area contributed by atoms with Crippen LogP contribution in [0.2, 0.25) is 0 Å². The van der Waals surface area contributed by atoms with E-state index < -0.39 is 0 Å². The highest BCUT2D eigenvalue weighted by atomic mass is 15.1. The maximum absolute atomic E-state index is 5.68. The minimum atomic E-state index is 0.490. The first-order valence-electron chi connectivity index (χ1n) is 6.00. The van der Waals surface area contributed by atoms with Gasteiger partial charge in [0.15, 0.2) is 0 Å². The van der Waals surface area contributed by atoms with Gasteiger partial charge in [0, 0.05) is 36.3 Å². The van der Waals surface area contributed by atoms with Gasteiger partial charge in [-0.25, -0.2) is 0 Å². The molecule has 0 fully saturated rings. The van der Waals surface area contributed by atoms with Gasteiger partial charge in [0.2, 0.25) is 0 Å². The van der Waals surface area contributed by atoms with E-state index in [1.54, 1.807) is 0 Å². The van der Waals surface area contributed by atoms with Gasteiger partial charge in [-0.1, -0.05) is 18.2 Å². The minimum Gasteiger partial charge on any atom is -0.350 e. The van der Waals surface area contributed by atoms with Gasteiger partial charge < -0.3 is 10.3 Å². The molecule has 3 rings (SSSR count). The molecular weight excluding hydrogens is 224 g/mol. The summed E-state index contributed by atoms with van der Waals surface area (Å²) >= 11 is 0. The maximum atomic E-state index is 5.68. The number of hydrogen-bond donors (Lipinski definition) is 2. The predicted octanol–water partition coefficient (Wildman–Crippen LogP) is 2.34. The van der Waals surface area contributed by atoms with Crippen LogP contribution in [-0.2, 0) is 13.6 Å². The summed E-state index contributed by atoms with van der Waals surface area (Å²) in [6.07, 6.45) is 2.12. The third-order valence-electron chi connectivity index (χ3n) is 3.47. The number of aromatic nitrogens is 3. The molecule has 0 aliphatic heterocycles. The summed E-state index contributed by atoms with van der Waals surface area (Å²) in [6.45, 7) is 2.55. The zero-order valence-electron chi connectivity index (χ0n) is 10.6. The van der Waals surface area contributed by atoms with Crippen molar-refractivity contribution in [3.05, 3.63) is 41.7 Å². The summed E-state index contributed by atoms with van der Waals surface area (Å²) in [5.74, 6) is 0. The average Bonchev–Trinajstić information content (AvgIpc) is 2.91. The van der Waals surface area contributed by atoms with Crippen molar-refractivity contribution in [1.29, 1.82) is 0 Å². The van der Waals surface area contributed by atoms with E-state index in [0.717, 1.165) is 22.5 Å². The summed E-state index contributed by atoms with van der Waals surface area (Å²) in [6, 6.07) is 8.35. The van der Waals surface area contributed by atoms with Crippen LogP contribution in [0.1, 0.15) is 11.3 Å². The van der Waals surface area contributed by atoms with Crippen molar-refractivity contribution in [2.45, 2.75) is 13.5 Å². The minimum absolute atomic E-state index is 0.490. The number of nitrogens with one attached hydrogen (secondary N) is 1. The van der Waals surface area contributed by atoms with Crippen LogP contribution in [0.3, 0.4) is 0 Å². The standard InChI is InChI=1S/C14H16N4/c1-9-12(7-15)16-17-14(9)11-8-18(2)13-6-4-3-5-10(11)13/h3-6,8H,7,15H2,1-2H3,(H,16,17). The topological polar surface area (TPSA) is 59.6 Å². The molecule has 0 saturated heterocycles. The fourth-order valence-corrected chi connectivity index (χ4v) is 2.43. The molecule has 0 aliphatic carbocycles. The molecule has 0 saturated carbocycles. The molecule has 2 aromatic heterocycles. The molecule has 0 atom stereocenters. The molecule has 1 aromatic carbocycles. The SMILES string of the molecule is Cc1c(-c2cn(C)c3ccccc23)n[nH]c1CN. The van der Waals surface area contributed by atoms with Crippen LogP contribution in [0.4, 0.5) is 0 Å². The number of rotatable bonds is 2. The number of nitrogens with two attached hydrogens (primary N) is 1. The molecule has 18 heavy (non-hydrogen) atoms. The highest BCUT2D eigenvalue weighted by molar-refractivity contribution is 5.95. The van der Waals surface area contributed by atoms with E-state index in [9.17, 15) is 0 Å². The first-order chi connectivity index (χ1) is 8.72. The largest absolute Gasteiger partial charge is 0.350 e. The fraction of sp³-hybridized carbons (Fsp3) is 0.214. The summed E-state index contributed by atoms with van der Waals surface area (Å²) < 4.78 is 2.13. The molecule has 4 nitrogen and oxygen atoms in total. The molecule has 3 N–H and O–H groups in total. The van der Waals surface area contributed by atoms with Crippen LogP contribution in [0, 0.1) is 6.92 Å². The lowest BCUT2D eigenvalue weighted by Gasteiger charge is -1.97. The molecule has 0 bridgehead atoms. The number of aromatic amines is 1. The number of para-hydroxylation sites is 1. The van der Waals surface area contributed by atoms with Crippen molar-refractivity contribution >= 4 is 10.9 Å². The zero-order valence-corrected chi connectivity index (χ0v) is 10.6. The van der Waals surface area contributed by atoms with E-state index in [1.165, 1.54) is 10.9 Å². The van der Waals surface area contributed by atoms with Gasteiger partial charge in [-0.15, -0.1) is 0 Å². The van der Waals surface area contributed by atoms with Crippen molar-refractivity contribution in [2.75, 3.05) is 0 Å². The van der Waals surface area contributed by atoms with Gasteiger partial charge in [-0.2, -0.15) is 5.10 Å². The van der Waals surface area contributed by atoms with Gasteiger partial charge in [-0.3, -0.25) is 5.10 Å². The lowest BCUT2D eigenvalue weighted by Crippen LogP contribution is -1.98. The third kappa shape index (κ3) is 1.46. The van der Waals surface area contributed by atoms with Crippen molar-refractivity contribution in [3.8, 4) is 11.3 Å². The summed E-state index contributed by atoms with van der Waals surface area (Å²) in [4.78, 5) is 0. The molecule has 0 unspecified atom stereocenters. The van der Waals surface area contributed by atoms with Crippen LogP contribution in [-0.4, -0.2) is 14.8 Å². The number of benzene rings is 1. The lowest BCUT2D eigenvalue weighted by atomic mass is 10.1. The molecular formula is C14H16N4. The highest BCUT2D eigenvalue weighted by Crippen LogP contribution is 2.31. The van der Waals surface area contributed by atoms with Crippen LogP contribution in [0.25, 0.3) is 22.2 Å². The number of fused-ring (bicyclic) bond motifs is 1. The summed E-state index contributed by atoms with van der Waals surface area (Å²) in [5.41, 5.74) is 11.2. The summed E-state index contributed by atoms with van der Waals surface area (Å²) in [7, 11) is 2.05. The Hall–Kier alpha value is -2.07. The van der Waals surface area contributed by atoms with Crippen LogP contribution >= 0.6 is 0 Å². The Morgan fingerprint density at radius 1 is 1.33 bits per heavy atom. The second kappa shape index (κ2) is 3.99. The molecule has 92 valence electrons. The lowest BCUT2D eigenvalue weighted by molar-refractivity contribution is 0.941. The van der Waals surface area contributed by atoms with Crippen molar-refractivity contribution in [2.24, 2.45) is 12.8 Å². The summed E-state index contributed by atoms with van der Waals surface area (Å²) in [5, 5.41) is 8.63. The molecule has 0 aliphatic rings. The van der Waals surface area contributed by atoms with Crippen LogP contribution < -0.4 is 5.73 Å². The van der Waals surface area contributed by atoms with Gasteiger partial charge in [0.25, 0.3) is 0 Å². The average molecular weight is 240 g/mol. The first kappa shape index (κ1) is 11.0. The van der Waals surface area contributed by atoms with Crippen molar-refractivity contribution in [3.63, 3.8) is 0 Å². The molecule has 3 aromatic rings.